The van der Waals surface area contributed by atoms with Gasteiger partial charge < -0.3 is 19.3 Å². The van der Waals surface area contributed by atoms with Gasteiger partial charge in [-0.05, 0) is 81.4 Å². The minimum atomic E-state index is -0.945. The van der Waals surface area contributed by atoms with E-state index in [0.717, 1.165) is 50.3 Å². The van der Waals surface area contributed by atoms with Crippen molar-refractivity contribution in [3.05, 3.63) is 23.3 Å². The second-order valence-electron chi connectivity index (χ2n) is 15.3. The molecule has 0 amide bonds. The number of nitrogens with zero attached hydrogens (tertiary/aromatic N) is 1. The Morgan fingerprint density at radius 2 is 1.92 bits per heavy atom. The Morgan fingerprint density at radius 3 is 2.56 bits per heavy atom. The molecule has 5 aliphatic carbocycles. The average molecular weight is 538 g/mol. The number of methoxy groups -OCH3 is 1. The molecule has 4 bridgehead atoms. The topological polar surface area (TPSA) is 68.2 Å². The molecule has 2 heterocycles. The summed E-state index contributed by atoms with van der Waals surface area (Å²) in [5, 5.41) is 12.4. The molecule has 6 heteroatoms. The van der Waals surface area contributed by atoms with Crippen molar-refractivity contribution in [3.8, 4) is 11.5 Å². The normalized spacial score (nSPS) is 39.8. The summed E-state index contributed by atoms with van der Waals surface area (Å²) < 4.78 is 19.8. The lowest BCUT2D eigenvalue weighted by molar-refractivity contribution is -0.312. The van der Waals surface area contributed by atoms with E-state index in [4.69, 9.17) is 14.2 Å². The summed E-state index contributed by atoms with van der Waals surface area (Å²) in [4.78, 5) is 15.6. The van der Waals surface area contributed by atoms with E-state index in [9.17, 15) is 9.90 Å². The van der Waals surface area contributed by atoms with E-state index in [0.29, 0.717) is 11.8 Å². The second-order valence-corrected chi connectivity index (χ2v) is 15.3. The number of fused-ring (bicyclic) bond motifs is 2. The second kappa shape index (κ2) is 8.01. The van der Waals surface area contributed by atoms with Gasteiger partial charge in [-0.2, -0.15) is 0 Å². The summed E-state index contributed by atoms with van der Waals surface area (Å²) in [6.45, 7) is 14.5. The van der Waals surface area contributed by atoms with E-state index in [-0.39, 0.29) is 40.2 Å². The molecule has 0 radical (unpaired) electrons. The van der Waals surface area contributed by atoms with Crippen molar-refractivity contribution in [3.63, 3.8) is 0 Å². The quantitative estimate of drug-likeness (QED) is 0.394. The van der Waals surface area contributed by atoms with Crippen LogP contribution in [-0.2, 0) is 21.4 Å². The van der Waals surface area contributed by atoms with E-state index in [2.05, 4.69) is 31.7 Å². The number of carbonyl (C=O) groups excluding carboxylic acids is 1. The van der Waals surface area contributed by atoms with Crippen LogP contribution in [0.1, 0.15) is 91.2 Å². The van der Waals surface area contributed by atoms with Gasteiger partial charge in [-0.3, -0.25) is 9.69 Å². The van der Waals surface area contributed by atoms with E-state index < -0.39 is 11.2 Å². The third-order valence-electron chi connectivity index (χ3n) is 12.5. The molecular formula is C33H47NO5. The first-order valence-corrected chi connectivity index (χ1v) is 15.4. The van der Waals surface area contributed by atoms with Crippen LogP contribution in [0.25, 0.3) is 0 Å². The van der Waals surface area contributed by atoms with Crippen LogP contribution >= 0.6 is 0 Å². The number of carbonyl (C=O) groups is 1. The molecule has 0 aromatic heterocycles. The van der Waals surface area contributed by atoms with Crippen LogP contribution in [-0.4, -0.2) is 59.5 Å². The SMILES string of the molecule is COC12CC[C@]3(C[C@@H]1[C@](C)(O)C(C)(C)C)[C@H]1Cc4ccc(OC(=O)C(C)C)c5c4[C@@]3(CCN1CC1CC1)[C@H]2O5. The molecule has 7 aliphatic rings. The van der Waals surface area contributed by atoms with Crippen LogP contribution in [0.3, 0.4) is 0 Å². The van der Waals surface area contributed by atoms with Crippen LogP contribution in [0.15, 0.2) is 12.1 Å². The largest absolute Gasteiger partial charge is 0.482 e. The molecule has 1 aromatic rings. The van der Waals surface area contributed by atoms with Crippen molar-refractivity contribution in [2.75, 3.05) is 20.2 Å². The molecule has 4 saturated carbocycles. The van der Waals surface area contributed by atoms with Crippen molar-refractivity contribution < 1.29 is 24.1 Å². The zero-order chi connectivity index (χ0) is 27.8. The van der Waals surface area contributed by atoms with E-state index >= 15 is 0 Å². The number of benzene rings is 1. The van der Waals surface area contributed by atoms with Gasteiger partial charge in [-0.1, -0.05) is 40.7 Å². The highest BCUT2D eigenvalue weighted by atomic mass is 16.6. The van der Waals surface area contributed by atoms with E-state index in [1.54, 1.807) is 0 Å². The smallest absolute Gasteiger partial charge is 0.313 e. The van der Waals surface area contributed by atoms with Crippen molar-refractivity contribution in [1.29, 1.82) is 0 Å². The first kappa shape index (κ1) is 26.3. The van der Waals surface area contributed by atoms with Gasteiger partial charge in [0.25, 0.3) is 0 Å². The zero-order valence-corrected chi connectivity index (χ0v) is 24.9. The summed E-state index contributed by atoms with van der Waals surface area (Å²) in [5.74, 6) is 1.63. The Hall–Kier alpha value is -1.63. The van der Waals surface area contributed by atoms with Crippen LogP contribution in [0, 0.1) is 28.6 Å². The van der Waals surface area contributed by atoms with Crippen LogP contribution < -0.4 is 9.47 Å². The number of piperidine rings is 1. The number of esters is 1. The fourth-order valence-corrected chi connectivity index (χ4v) is 9.88. The average Bonchev–Trinajstić information content (AvgIpc) is 3.62. The molecule has 8 rings (SSSR count). The molecule has 5 fully saturated rings. The van der Waals surface area contributed by atoms with Crippen molar-refractivity contribution in [1.82, 2.24) is 4.90 Å². The van der Waals surface area contributed by atoms with Crippen LogP contribution in [0.5, 0.6) is 11.5 Å². The summed E-state index contributed by atoms with van der Waals surface area (Å²) >= 11 is 0. The van der Waals surface area contributed by atoms with Crippen molar-refractivity contribution >= 4 is 5.97 Å². The summed E-state index contributed by atoms with van der Waals surface area (Å²) in [5.41, 5.74) is 0.554. The first-order chi connectivity index (χ1) is 18.3. The van der Waals surface area contributed by atoms with E-state index in [1.165, 1.54) is 30.5 Å². The molecule has 6 nitrogen and oxygen atoms in total. The standard InChI is InChI=1S/C33H47NO5/c1-19(2)27(35)38-22-11-10-21-16-24-31-12-13-33(37-7,23(17-31)30(6,36)29(3,4)5)28-32(31,25(21)26(22)39-28)14-15-34(24)18-20-8-9-20/h10-11,19-20,23-24,28,36H,8-9,12-18H2,1-7H3/t23-,24-,28-,30+,31+,32+,33?/m1/s1. The zero-order valence-electron chi connectivity index (χ0n) is 24.9. The maximum absolute atomic E-state index is 12.8. The maximum atomic E-state index is 12.8. The van der Waals surface area contributed by atoms with Crippen molar-refractivity contribution in [2.45, 2.75) is 115 Å². The highest BCUT2D eigenvalue weighted by Crippen LogP contribution is 2.78. The number of likely N-dealkylation sites (tertiary alicyclic amines) is 1. The molecule has 39 heavy (non-hydrogen) atoms. The number of aliphatic hydroxyl groups is 1. The molecule has 1 unspecified atom stereocenters. The van der Waals surface area contributed by atoms with Gasteiger partial charge in [0, 0.05) is 42.0 Å². The number of hydrogen-bond donors (Lipinski definition) is 1. The highest BCUT2D eigenvalue weighted by molar-refractivity contribution is 5.76. The Bertz CT molecular complexity index is 1210. The fourth-order valence-electron chi connectivity index (χ4n) is 9.88. The van der Waals surface area contributed by atoms with Gasteiger partial charge in [0.05, 0.1) is 11.5 Å². The lowest BCUT2D eigenvalue weighted by Crippen LogP contribution is -2.83. The predicted molar refractivity (Wildman–Crippen MR) is 149 cm³/mol. The van der Waals surface area contributed by atoms with E-state index in [1.807, 2.05) is 33.9 Å². The molecular weight excluding hydrogens is 490 g/mol. The minimum absolute atomic E-state index is 0.01000. The maximum Gasteiger partial charge on any atom is 0.313 e. The lowest BCUT2D eigenvalue weighted by Gasteiger charge is -2.75. The van der Waals surface area contributed by atoms with Gasteiger partial charge in [-0.25, -0.2) is 0 Å². The van der Waals surface area contributed by atoms with Gasteiger partial charge in [0.2, 0.25) is 0 Å². The summed E-state index contributed by atoms with van der Waals surface area (Å²) in [7, 11) is 1.83. The highest BCUT2D eigenvalue weighted by Gasteiger charge is 2.82. The van der Waals surface area contributed by atoms with Gasteiger partial charge in [-0.15, -0.1) is 0 Å². The molecule has 214 valence electrons. The number of ether oxygens (including phenoxy) is 3. The third-order valence-corrected chi connectivity index (χ3v) is 12.5. The lowest BCUT2D eigenvalue weighted by atomic mass is 9.33. The molecule has 1 aromatic carbocycles. The van der Waals surface area contributed by atoms with Crippen molar-refractivity contribution in [2.24, 2.45) is 28.6 Å². The molecule has 1 N–H and O–H groups in total. The molecule has 2 spiro atoms. The third kappa shape index (κ3) is 3.12. The van der Waals surface area contributed by atoms with Crippen LogP contribution in [0.4, 0.5) is 0 Å². The Kier molecular flexibility index (Phi) is 5.40. The Morgan fingerprint density at radius 1 is 1.18 bits per heavy atom. The Labute approximate surface area is 233 Å². The number of hydrogen-bond acceptors (Lipinski definition) is 6. The Balaban J connectivity index is 1.44. The summed E-state index contributed by atoms with van der Waals surface area (Å²) in [6, 6.07) is 4.60. The molecule has 7 atom stereocenters. The van der Waals surface area contributed by atoms with Gasteiger partial charge >= 0.3 is 5.97 Å². The predicted octanol–water partition coefficient (Wildman–Crippen LogP) is 5.27. The number of rotatable bonds is 6. The van der Waals surface area contributed by atoms with Gasteiger partial charge in [0.1, 0.15) is 11.7 Å². The summed E-state index contributed by atoms with van der Waals surface area (Å²) in [6.07, 6.45) is 7.41. The molecule has 2 aliphatic heterocycles. The van der Waals surface area contributed by atoms with Crippen LogP contribution in [0.2, 0.25) is 0 Å². The molecule has 1 saturated heterocycles. The fraction of sp³-hybridized carbons (Fsp3) is 0.788. The first-order valence-electron chi connectivity index (χ1n) is 15.4. The monoisotopic (exact) mass is 537 g/mol. The minimum Gasteiger partial charge on any atom is -0.482 e. The van der Waals surface area contributed by atoms with Gasteiger partial charge in [0.15, 0.2) is 11.5 Å².